The molecule has 1 saturated carbocycles. The number of hydrogen-bond donors (Lipinski definition) is 1. The summed E-state index contributed by atoms with van der Waals surface area (Å²) in [6.07, 6.45) is 5.80. The number of thioether (sulfide) groups is 1. The lowest BCUT2D eigenvalue weighted by molar-refractivity contribution is 0.0600. The molecular formula is C20H23N3O3S. The minimum absolute atomic E-state index is 0.0682. The predicted molar refractivity (Wildman–Crippen MR) is 107 cm³/mol. The van der Waals surface area contributed by atoms with Gasteiger partial charge in [-0.2, -0.15) is 0 Å². The molecule has 1 aromatic carbocycles. The summed E-state index contributed by atoms with van der Waals surface area (Å²) in [4.78, 5) is 29.2. The molecule has 2 aliphatic rings. The van der Waals surface area contributed by atoms with E-state index in [4.69, 9.17) is 9.73 Å². The molecule has 1 aromatic heterocycles. The number of hydrogen-bond acceptors (Lipinski definition) is 5. The van der Waals surface area contributed by atoms with Crippen LogP contribution in [0.25, 0.3) is 0 Å². The van der Waals surface area contributed by atoms with E-state index in [1.165, 1.54) is 26.4 Å². The fraction of sp³-hybridized carbons (Fsp3) is 0.450. The molecule has 0 unspecified atom stereocenters. The van der Waals surface area contributed by atoms with E-state index in [1.54, 1.807) is 23.9 Å². The van der Waals surface area contributed by atoms with Gasteiger partial charge in [-0.25, -0.2) is 9.79 Å². The molecule has 1 aliphatic heterocycles. The van der Waals surface area contributed by atoms with E-state index in [2.05, 4.69) is 5.10 Å². The van der Waals surface area contributed by atoms with Crippen LogP contribution in [-0.2, 0) is 4.74 Å². The molecule has 2 aromatic rings. The highest BCUT2D eigenvalue weighted by atomic mass is 32.2. The molecule has 142 valence electrons. The van der Waals surface area contributed by atoms with Crippen LogP contribution in [0.15, 0.2) is 34.1 Å². The van der Waals surface area contributed by atoms with Crippen molar-refractivity contribution in [2.24, 2.45) is 4.99 Å². The molecule has 0 saturated heterocycles. The van der Waals surface area contributed by atoms with Gasteiger partial charge >= 0.3 is 5.97 Å². The Labute approximate surface area is 162 Å². The van der Waals surface area contributed by atoms with Crippen LogP contribution in [-0.4, -0.2) is 27.9 Å². The maximum atomic E-state index is 12.8. The topological polar surface area (TPSA) is 76.4 Å². The number of rotatable bonds is 3. The number of ether oxygens (including phenoxy) is 1. The smallest absolute Gasteiger partial charge is 0.337 e. The number of H-pyrrole nitrogens is 1. The Morgan fingerprint density at radius 3 is 2.59 bits per heavy atom. The first-order chi connectivity index (χ1) is 13.1. The number of esters is 1. The van der Waals surface area contributed by atoms with Crippen LogP contribution >= 0.6 is 11.8 Å². The number of methoxy groups -OCH3 is 1. The maximum Gasteiger partial charge on any atom is 0.337 e. The number of aromatic nitrogens is 2. The summed E-state index contributed by atoms with van der Waals surface area (Å²) >= 11 is 1.58. The van der Waals surface area contributed by atoms with Gasteiger partial charge in [-0.05, 0) is 37.5 Å². The average molecular weight is 385 g/mol. The Morgan fingerprint density at radius 2 is 1.93 bits per heavy atom. The quantitative estimate of drug-likeness (QED) is 0.797. The summed E-state index contributed by atoms with van der Waals surface area (Å²) < 4.78 is 6.76. The number of nitrogens with one attached hydrogen (secondary N) is 1. The fourth-order valence-electron chi connectivity index (χ4n) is 3.96. The molecule has 27 heavy (non-hydrogen) atoms. The second-order valence-corrected chi connectivity index (χ2v) is 8.38. The molecule has 6 nitrogen and oxygen atoms in total. The number of nitrogens with zero attached hydrogens (tertiary/aromatic N) is 2. The maximum absolute atomic E-state index is 12.8. The van der Waals surface area contributed by atoms with E-state index in [-0.39, 0.29) is 16.8 Å². The van der Waals surface area contributed by atoms with Crippen molar-refractivity contribution in [2.45, 2.75) is 50.3 Å². The minimum Gasteiger partial charge on any atom is -0.465 e. The van der Waals surface area contributed by atoms with Gasteiger partial charge in [0.05, 0.1) is 34.6 Å². The van der Waals surface area contributed by atoms with Gasteiger partial charge in [0.2, 0.25) is 0 Å². The Bertz CT molecular complexity index is 936. The highest BCUT2D eigenvalue weighted by Gasteiger charge is 2.32. The van der Waals surface area contributed by atoms with E-state index >= 15 is 0 Å². The van der Waals surface area contributed by atoms with Crippen molar-refractivity contribution in [3.63, 3.8) is 0 Å². The standard InChI is InChI=1S/C20H23N3O3S/c1-12-21-18-16(19(24)22-23(18)15-6-4-3-5-7-15)17(27-12)13-8-10-14(11-9-13)20(25)26-2/h8-11,15,17H,3-7H2,1-2H3,(H,22,24)/t17-/m0/s1. The molecule has 0 spiro atoms. The third-order valence-electron chi connectivity index (χ3n) is 5.32. The van der Waals surface area contributed by atoms with Gasteiger partial charge < -0.3 is 4.74 Å². The molecule has 1 fully saturated rings. The third-order valence-corrected chi connectivity index (χ3v) is 6.50. The van der Waals surface area contributed by atoms with Crippen LogP contribution in [0.4, 0.5) is 5.82 Å². The van der Waals surface area contributed by atoms with Crippen LogP contribution in [0.3, 0.4) is 0 Å². The van der Waals surface area contributed by atoms with Crippen molar-refractivity contribution in [3.8, 4) is 0 Å². The molecule has 1 N–H and O–H groups in total. The van der Waals surface area contributed by atoms with E-state index < -0.39 is 0 Å². The third kappa shape index (κ3) is 3.36. The number of carbonyl (C=O) groups is 1. The van der Waals surface area contributed by atoms with E-state index in [1.807, 2.05) is 23.7 Å². The first-order valence-corrected chi connectivity index (χ1v) is 10.2. The molecule has 2 heterocycles. The van der Waals surface area contributed by atoms with Crippen molar-refractivity contribution >= 4 is 28.6 Å². The largest absolute Gasteiger partial charge is 0.465 e. The second kappa shape index (κ2) is 7.38. The monoisotopic (exact) mass is 385 g/mol. The Hall–Kier alpha value is -2.28. The van der Waals surface area contributed by atoms with Crippen molar-refractivity contribution in [2.75, 3.05) is 7.11 Å². The van der Waals surface area contributed by atoms with Crippen LogP contribution in [0.2, 0.25) is 0 Å². The zero-order valence-electron chi connectivity index (χ0n) is 15.5. The predicted octanol–water partition coefficient (Wildman–Crippen LogP) is 4.35. The summed E-state index contributed by atoms with van der Waals surface area (Å²) in [5, 5.41) is 3.86. The van der Waals surface area contributed by atoms with Crippen LogP contribution in [0.5, 0.6) is 0 Å². The van der Waals surface area contributed by atoms with E-state index in [9.17, 15) is 9.59 Å². The van der Waals surface area contributed by atoms with E-state index in [0.29, 0.717) is 17.2 Å². The van der Waals surface area contributed by atoms with E-state index in [0.717, 1.165) is 29.3 Å². The molecule has 1 atom stereocenters. The number of fused-ring (bicyclic) bond motifs is 1. The van der Waals surface area contributed by atoms with Crippen LogP contribution < -0.4 is 5.56 Å². The lowest BCUT2D eigenvalue weighted by atomic mass is 9.95. The highest BCUT2D eigenvalue weighted by Crippen LogP contribution is 2.45. The van der Waals surface area contributed by atoms with Gasteiger partial charge in [0.15, 0.2) is 5.82 Å². The van der Waals surface area contributed by atoms with Gasteiger partial charge in [0, 0.05) is 0 Å². The summed E-state index contributed by atoms with van der Waals surface area (Å²) in [6.45, 7) is 1.98. The zero-order chi connectivity index (χ0) is 19.0. The lowest BCUT2D eigenvalue weighted by Gasteiger charge is -2.26. The normalized spacial score (nSPS) is 20.1. The summed E-state index contributed by atoms with van der Waals surface area (Å²) in [5.41, 5.74) is 2.12. The van der Waals surface area contributed by atoms with Gasteiger partial charge in [-0.15, -0.1) is 0 Å². The summed E-state index contributed by atoms with van der Waals surface area (Å²) in [5.74, 6) is 0.405. The number of aliphatic imine (C=N–C) groups is 1. The Morgan fingerprint density at radius 1 is 1.22 bits per heavy atom. The molecule has 1 aliphatic carbocycles. The number of carbonyl (C=O) groups excluding carboxylic acids is 1. The number of benzene rings is 1. The van der Waals surface area contributed by atoms with Gasteiger partial charge in [-0.3, -0.25) is 14.6 Å². The molecule has 0 amide bonds. The van der Waals surface area contributed by atoms with Gasteiger partial charge in [-0.1, -0.05) is 43.2 Å². The molecular weight excluding hydrogens is 362 g/mol. The zero-order valence-corrected chi connectivity index (χ0v) is 16.3. The first kappa shape index (κ1) is 18.1. The molecule has 7 heteroatoms. The van der Waals surface area contributed by atoms with Gasteiger partial charge in [0.25, 0.3) is 5.56 Å². The minimum atomic E-state index is -0.363. The lowest BCUT2D eigenvalue weighted by Crippen LogP contribution is -2.16. The summed E-state index contributed by atoms with van der Waals surface area (Å²) in [6, 6.07) is 7.59. The second-order valence-electron chi connectivity index (χ2n) is 7.08. The Balaban J connectivity index is 1.73. The summed E-state index contributed by atoms with van der Waals surface area (Å²) in [7, 11) is 1.37. The first-order valence-electron chi connectivity index (χ1n) is 9.33. The fourth-order valence-corrected chi connectivity index (χ4v) is 5.06. The highest BCUT2D eigenvalue weighted by molar-refractivity contribution is 8.14. The molecule has 4 rings (SSSR count). The number of aromatic amines is 1. The SMILES string of the molecule is COC(=O)c1ccc([C@@H]2SC(C)=Nc3c2c(=O)[nH]n3C2CCCCC2)cc1. The van der Waals surface area contributed by atoms with Crippen LogP contribution in [0.1, 0.15) is 71.8 Å². The van der Waals surface area contributed by atoms with Crippen molar-refractivity contribution < 1.29 is 9.53 Å². The van der Waals surface area contributed by atoms with Crippen molar-refractivity contribution in [3.05, 3.63) is 51.3 Å². The average Bonchev–Trinajstić information content (AvgIpc) is 3.04. The van der Waals surface area contributed by atoms with Gasteiger partial charge in [0.1, 0.15) is 0 Å². The van der Waals surface area contributed by atoms with Crippen LogP contribution in [0, 0.1) is 0 Å². The molecule has 0 bridgehead atoms. The molecule has 0 radical (unpaired) electrons. The van der Waals surface area contributed by atoms with Crippen molar-refractivity contribution in [1.29, 1.82) is 0 Å². The Kier molecular flexibility index (Phi) is 4.95. The van der Waals surface area contributed by atoms with Crippen molar-refractivity contribution in [1.82, 2.24) is 9.78 Å².